The van der Waals surface area contributed by atoms with E-state index >= 15 is 0 Å². The maximum atomic E-state index is 12.9. The van der Waals surface area contributed by atoms with Crippen molar-refractivity contribution < 1.29 is 14.3 Å². The average molecular weight is 393 g/mol. The lowest BCUT2D eigenvalue weighted by molar-refractivity contribution is 0.0778. The molecule has 0 spiro atoms. The first-order valence-electron chi connectivity index (χ1n) is 9.07. The van der Waals surface area contributed by atoms with Crippen molar-refractivity contribution in [2.24, 2.45) is 0 Å². The van der Waals surface area contributed by atoms with Crippen LogP contribution in [0.4, 0.5) is 0 Å². The number of nitrogens with zero attached hydrogens (tertiary/aromatic N) is 4. The number of hydrogen-bond acceptors (Lipinski definition) is 5. The molecular formula is C21H23N5O3. The van der Waals surface area contributed by atoms with Gasteiger partial charge in [-0.2, -0.15) is 0 Å². The number of methoxy groups -OCH3 is 1. The van der Waals surface area contributed by atoms with E-state index in [-0.39, 0.29) is 17.5 Å². The topological polar surface area (TPSA) is 89.4 Å². The smallest absolute Gasteiger partial charge is 0.276 e. The summed E-state index contributed by atoms with van der Waals surface area (Å²) in [7, 11) is 4.89. The minimum Gasteiger partial charge on any atom is -0.497 e. The van der Waals surface area contributed by atoms with Crippen molar-refractivity contribution in [1.82, 2.24) is 25.2 Å². The van der Waals surface area contributed by atoms with Crippen LogP contribution >= 0.6 is 0 Å². The number of benzene rings is 2. The number of rotatable bonds is 6. The van der Waals surface area contributed by atoms with Gasteiger partial charge in [0.1, 0.15) is 5.75 Å². The molecule has 0 aliphatic carbocycles. The van der Waals surface area contributed by atoms with Gasteiger partial charge in [-0.05, 0) is 36.8 Å². The summed E-state index contributed by atoms with van der Waals surface area (Å²) in [5.74, 6) is 0.320. The van der Waals surface area contributed by atoms with E-state index in [1.165, 1.54) is 0 Å². The Bertz CT molecular complexity index is 1030. The van der Waals surface area contributed by atoms with Gasteiger partial charge < -0.3 is 15.0 Å². The van der Waals surface area contributed by atoms with E-state index in [1.807, 2.05) is 36.4 Å². The van der Waals surface area contributed by atoms with Crippen molar-refractivity contribution in [3.05, 3.63) is 71.0 Å². The first-order chi connectivity index (χ1) is 13.9. The highest BCUT2D eigenvalue weighted by Crippen LogP contribution is 2.19. The summed E-state index contributed by atoms with van der Waals surface area (Å²) in [4.78, 5) is 26.1. The molecule has 1 aromatic heterocycles. The Labute approximate surface area is 169 Å². The van der Waals surface area contributed by atoms with Crippen LogP contribution < -0.4 is 10.1 Å². The van der Waals surface area contributed by atoms with Crippen molar-refractivity contribution in [3.63, 3.8) is 0 Å². The molecule has 0 fully saturated rings. The van der Waals surface area contributed by atoms with Crippen LogP contribution in [-0.4, -0.2) is 52.9 Å². The van der Waals surface area contributed by atoms with Gasteiger partial charge in [0.2, 0.25) is 0 Å². The zero-order valence-electron chi connectivity index (χ0n) is 16.8. The van der Waals surface area contributed by atoms with E-state index < -0.39 is 0 Å². The largest absolute Gasteiger partial charge is 0.497 e. The zero-order chi connectivity index (χ0) is 21.0. The molecule has 0 radical (unpaired) electrons. The molecule has 3 rings (SSSR count). The summed E-state index contributed by atoms with van der Waals surface area (Å²) in [6.45, 7) is 2.19. The number of carbonyl (C=O) groups excluding carboxylic acids is 2. The molecule has 0 aliphatic heterocycles. The highest BCUT2D eigenvalue weighted by Gasteiger charge is 2.21. The normalized spacial score (nSPS) is 10.5. The number of ether oxygens (including phenoxy) is 1. The first kappa shape index (κ1) is 20.1. The Morgan fingerprint density at radius 3 is 2.55 bits per heavy atom. The van der Waals surface area contributed by atoms with Crippen LogP contribution in [0.3, 0.4) is 0 Å². The second kappa shape index (κ2) is 8.55. The maximum Gasteiger partial charge on any atom is 0.276 e. The minimum atomic E-state index is -0.230. The summed E-state index contributed by atoms with van der Waals surface area (Å²) < 4.78 is 6.86. The summed E-state index contributed by atoms with van der Waals surface area (Å²) in [5.41, 5.74) is 3.18. The van der Waals surface area contributed by atoms with Crippen LogP contribution in [0.2, 0.25) is 0 Å². The van der Waals surface area contributed by atoms with E-state index in [1.54, 1.807) is 49.8 Å². The lowest BCUT2D eigenvalue weighted by atomic mass is 10.1. The van der Waals surface area contributed by atoms with Gasteiger partial charge in [-0.15, -0.1) is 5.10 Å². The summed E-state index contributed by atoms with van der Waals surface area (Å²) in [5, 5.41) is 10.8. The summed E-state index contributed by atoms with van der Waals surface area (Å²) >= 11 is 0. The molecule has 0 aliphatic rings. The van der Waals surface area contributed by atoms with E-state index in [2.05, 4.69) is 15.6 Å². The molecule has 29 heavy (non-hydrogen) atoms. The predicted molar refractivity (Wildman–Crippen MR) is 108 cm³/mol. The second-order valence-electron chi connectivity index (χ2n) is 6.57. The number of amides is 2. The third-order valence-electron chi connectivity index (χ3n) is 4.60. The Hall–Kier alpha value is -3.68. The lowest BCUT2D eigenvalue weighted by Gasteiger charge is -2.16. The van der Waals surface area contributed by atoms with Crippen LogP contribution in [0.5, 0.6) is 5.75 Å². The standard InChI is InChI=1S/C21H23N5O3/c1-14-19(23-24-26(14)17-6-5-7-18(12-17)29-4)21(28)25(3)13-15-8-10-16(11-9-15)20(27)22-2/h5-12H,13H2,1-4H3,(H,22,27). The molecule has 8 heteroatoms. The third-order valence-corrected chi connectivity index (χ3v) is 4.60. The third kappa shape index (κ3) is 4.26. The Kier molecular flexibility index (Phi) is 5.92. The number of hydrogen-bond donors (Lipinski definition) is 1. The molecule has 0 saturated heterocycles. The van der Waals surface area contributed by atoms with E-state index in [0.29, 0.717) is 23.6 Å². The molecule has 1 heterocycles. The van der Waals surface area contributed by atoms with Gasteiger partial charge in [-0.25, -0.2) is 4.68 Å². The minimum absolute atomic E-state index is 0.147. The van der Waals surface area contributed by atoms with Gasteiger partial charge in [0.25, 0.3) is 11.8 Å². The van der Waals surface area contributed by atoms with Gasteiger partial charge in [0, 0.05) is 32.3 Å². The summed E-state index contributed by atoms with van der Waals surface area (Å²) in [6.07, 6.45) is 0. The lowest BCUT2D eigenvalue weighted by Crippen LogP contribution is -2.27. The molecular weight excluding hydrogens is 370 g/mol. The Morgan fingerprint density at radius 2 is 1.90 bits per heavy atom. The van der Waals surface area contributed by atoms with Crippen molar-refractivity contribution in [2.45, 2.75) is 13.5 Å². The highest BCUT2D eigenvalue weighted by atomic mass is 16.5. The number of nitrogens with one attached hydrogen (secondary N) is 1. The molecule has 150 valence electrons. The highest BCUT2D eigenvalue weighted by molar-refractivity contribution is 5.94. The molecule has 8 nitrogen and oxygen atoms in total. The van der Waals surface area contributed by atoms with Gasteiger partial charge >= 0.3 is 0 Å². The monoisotopic (exact) mass is 393 g/mol. The molecule has 0 atom stereocenters. The number of carbonyl (C=O) groups is 2. The molecule has 3 aromatic rings. The molecule has 2 aromatic carbocycles. The fourth-order valence-electron chi connectivity index (χ4n) is 2.95. The van der Waals surface area contributed by atoms with Crippen LogP contribution in [-0.2, 0) is 6.54 Å². The van der Waals surface area contributed by atoms with Crippen molar-refractivity contribution >= 4 is 11.8 Å². The molecule has 0 saturated carbocycles. The van der Waals surface area contributed by atoms with Gasteiger partial charge in [0.15, 0.2) is 5.69 Å². The molecule has 1 N–H and O–H groups in total. The van der Waals surface area contributed by atoms with Crippen LogP contribution in [0, 0.1) is 6.92 Å². The van der Waals surface area contributed by atoms with Crippen molar-refractivity contribution in [2.75, 3.05) is 21.2 Å². The maximum absolute atomic E-state index is 12.9. The molecule has 2 amide bonds. The van der Waals surface area contributed by atoms with Crippen molar-refractivity contribution in [1.29, 1.82) is 0 Å². The fourth-order valence-corrected chi connectivity index (χ4v) is 2.95. The average Bonchev–Trinajstić information content (AvgIpc) is 3.14. The van der Waals surface area contributed by atoms with Crippen LogP contribution in [0.1, 0.15) is 32.1 Å². The van der Waals surface area contributed by atoms with Gasteiger partial charge in [-0.3, -0.25) is 9.59 Å². The van der Waals surface area contributed by atoms with E-state index in [0.717, 1.165) is 11.3 Å². The van der Waals surface area contributed by atoms with Crippen molar-refractivity contribution in [3.8, 4) is 11.4 Å². The van der Waals surface area contributed by atoms with Crippen LogP contribution in [0.15, 0.2) is 48.5 Å². The Balaban J connectivity index is 1.76. The quantitative estimate of drug-likeness (QED) is 0.694. The van der Waals surface area contributed by atoms with E-state index in [4.69, 9.17) is 4.74 Å². The predicted octanol–water partition coefficient (Wildman–Crippen LogP) is 2.22. The first-order valence-corrected chi connectivity index (χ1v) is 9.07. The van der Waals surface area contributed by atoms with E-state index in [9.17, 15) is 9.59 Å². The fraction of sp³-hybridized carbons (Fsp3) is 0.238. The van der Waals surface area contributed by atoms with Crippen LogP contribution in [0.25, 0.3) is 5.69 Å². The zero-order valence-corrected chi connectivity index (χ0v) is 16.8. The molecule has 0 unspecified atom stereocenters. The second-order valence-corrected chi connectivity index (χ2v) is 6.57. The number of aromatic nitrogens is 3. The van der Waals surface area contributed by atoms with Gasteiger partial charge in [-0.1, -0.05) is 23.4 Å². The summed E-state index contributed by atoms with van der Waals surface area (Å²) in [6, 6.07) is 14.5. The van der Waals surface area contributed by atoms with Gasteiger partial charge in [0.05, 0.1) is 18.5 Å². The SMILES string of the molecule is CNC(=O)c1ccc(CN(C)C(=O)c2nnn(-c3cccc(OC)c3)c2C)cc1. The molecule has 0 bridgehead atoms. The Morgan fingerprint density at radius 1 is 1.17 bits per heavy atom.